The number of rotatable bonds is 16. The topological polar surface area (TPSA) is 36.9 Å². The summed E-state index contributed by atoms with van der Waals surface area (Å²) in [5.41, 5.74) is 2.23. The number of hydrogen-bond acceptors (Lipinski definition) is 4. The van der Waals surface area contributed by atoms with E-state index in [4.69, 9.17) is 18.9 Å². The maximum Gasteiger partial charge on any atom is 0.119 e. The van der Waals surface area contributed by atoms with Crippen LogP contribution in [-0.2, 0) is 9.47 Å². The van der Waals surface area contributed by atoms with Crippen LogP contribution < -0.4 is 9.47 Å². The van der Waals surface area contributed by atoms with Gasteiger partial charge in [0.25, 0.3) is 0 Å². The van der Waals surface area contributed by atoms with Crippen LogP contribution in [0.4, 0.5) is 0 Å². The molecule has 0 fully saturated rings. The Labute approximate surface area is 180 Å². The minimum Gasteiger partial charge on any atom is -0.491 e. The van der Waals surface area contributed by atoms with Crippen LogP contribution in [0.1, 0.15) is 24.0 Å². The lowest BCUT2D eigenvalue weighted by molar-refractivity contribution is 0.103. The number of hydrogen-bond donors (Lipinski definition) is 0. The fourth-order valence-electron chi connectivity index (χ4n) is 2.52. The van der Waals surface area contributed by atoms with Gasteiger partial charge in [0.1, 0.15) is 24.7 Å². The first-order valence-electron chi connectivity index (χ1n) is 10.3. The average Bonchev–Trinajstić information content (AvgIpc) is 2.79. The molecule has 0 spiro atoms. The minimum atomic E-state index is 0.543. The highest BCUT2D eigenvalue weighted by atomic mass is 16.5. The van der Waals surface area contributed by atoms with Crippen molar-refractivity contribution < 1.29 is 18.9 Å². The van der Waals surface area contributed by atoms with Crippen LogP contribution >= 0.6 is 0 Å². The standard InChI is InChI=1S/C26H32O4/c1-3-5-17-27-19-21-29-25-13-9-23(10-14-25)7-8-24-11-15-26(16-12-24)30-22-20-28-18-6-4-2/h3-4,7-16H,1-2,5-6,17-22H2/b8-7+. The van der Waals surface area contributed by atoms with E-state index in [1.165, 1.54) is 0 Å². The predicted molar refractivity (Wildman–Crippen MR) is 124 cm³/mol. The summed E-state index contributed by atoms with van der Waals surface area (Å²) in [6, 6.07) is 16.0. The largest absolute Gasteiger partial charge is 0.491 e. The molecular formula is C26H32O4. The second kappa shape index (κ2) is 15.1. The summed E-state index contributed by atoms with van der Waals surface area (Å²) in [7, 11) is 0. The van der Waals surface area contributed by atoms with Gasteiger partial charge in [-0.1, -0.05) is 48.6 Å². The van der Waals surface area contributed by atoms with Gasteiger partial charge < -0.3 is 18.9 Å². The molecule has 0 atom stereocenters. The van der Waals surface area contributed by atoms with E-state index in [2.05, 4.69) is 25.3 Å². The Balaban J connectivity index is 1.69. The highest BCUT2D eigenvalue weighted by molar-refractivity contribution is 5.70. The summed E-state index contributed by atoms with van der Waals surface area (Å²) in [6.45, 7) is 11.0. The van der Waals surface area contributed by atoms with E-state index in [0.29, 0.717) is 39.6 Å². The van der Waals surface area contributed by atoms with E-state index in [1.54, 1.807) is 0 Å². The molecule has 0 saturated carbocycles. The average molecular weight is 409 g/mol. The van der Waals surface area contributed by atoms with Crippen molar-refractivity contribution in [1.82, 2.24) is 0 Å². The van der Waals surface area contributed by atoms with Gasteiger partial charge in [0.15, 0.2) is 0 Å². The van der Waals surface area contributed by atoms with Crippen LogP contribution in [0, 0.1) is 0 Å². The van der Waals surface area contributed by atoms with Crippen molar-refractivity contribution >= 4 is 12.2 Å². The molecule has 0 aliphatic heterocycles. The zero-order valence-electron chi connectivity index (χ0n) is 17.6. The molecule has 4 heteroatoms. The summed E-state index contributed by atoms with van der Waals surface area (Å²) in [4.78, 5) is 0. The first-order chi connectivity index (χ1) is 14.8. The third-order valence-corrected chi connectivity index (χ3v) is 4.15. The van der Waals surface area contributed by atoms with E-state index < -0.39 is 0 Å². The van der Waals surface area contributed by atoms with Crippen LogP contribution in [-0.4, -0.2) is 39.6 Å². The molecule has 0 aromatic heterocycles. The van der Waals surface area contributed by atoms with Gasteiger partial charge >= 0.3 is 0 Å². The molecule has 0 radical (unpaired) electrons. The van der Waals surface area contributed by atoms with E-state index in [1.807, 2.05) is 60.7 Å². The first-order valence-corrected chi connectivity index (χ1v) is 10.3. The fourth-order valence-corrected chi connectivity index (χ4v) is 2.52. The maximum absolute atomic E-state index is 5.67. The van der Waals surface area contributed by atoms with E-state index >= 15 is 0 Å². The first kappa shape index (κ1) is 23.5. The molecule has 0 aliphatic rings. The van der Waals surface area contributed by atoms with Crippen molar-refractivity contribution in [3.8, 4) is 11.5 Å². The fraction of sp³-hybridized carbons (Fsp3) is 0.308. The molecule has 2 aromatic rings. The highest BCUT2D eigenvalue weighted by Gasteiger charge is 1.96. The molecule has 0 heterocycles. The molecule has 2 rings (SSSR count). The Morgan fingerprint density at radius 3 is 1.30 bits per heavy atom. The molecule has 2 aromatic carbocycles. The SMILES string of the molecule is C=CCCOCCOc1ccc(/C=C/c2ccc(OCCOCCC=C)cc2)cc1. The molecule has 160 valence electrons. The lowest BCUT2D eigenvalue weighted by Gasteiger charge is -2.07. The predicted octanol–water partition coefficient (Wildman–Crippen LogP) is 5.80. The third kappa shape index (κ3) is 10.1. The molecule has 30 heavy (non-hydrogen) atoms. The van der Waals surface area contributed by atoms with Gasteiger partial charge in [-0.15, -0.1) is 13.2 Å². The zero-order valence-corrected chi connectivity index (χ0v) is 17.6. The summed E-state index contributed by atoms with van der Waals surface area (Å²) in [6.07, 6.45) is 9.57. The van der Waals surface area contributed by atoms with Gasteiger partial charge in [0.2, 0.25) is 0 Å². The van der Waals surface area contributed by atoms with Gasteiger partial charge in [-0.05, 0) is 48.2 Å². The van der Waals surface area contributed by atoms with Crippen LogP contribution in [0.5, 0.6) is 11.5 Å². The maximum atomic E-state index is 5.67. The van der Waals surface area contributed by atoms with Crippen molar-refractivity contribution in [1.29, 1.82) is 0 Å². The quantitative estimate of drug-likeness (QED) is 0.200. The lowest BCUT2D eigenvalue weighted by Crippen LogP contribution is -2.07. The second-order valence-corrected chi connectivity index (χ2v) is 6.55. The molecule has 0 saturated heterocycles. The van der Waals surface area contributed by atoms with Gasteiger partial charge in [-0.3, -0.25) is 0 Å². The summed E-state index contributed by atoms with van der Waals surface area (Å²) < 4.78 is 22.2. The molecule has 4 nitrogen and oxygen atoms in total. The molecule has 0 aliphatic carbocycles. The van der Waals surface area contributed by atoms with Crippen LogP contribution in [0.25, 0.3) is 12.2 Å². The Hall–Kier alpha value is -2.82. The van der Waals surface area contributed by atoms with Gasteiger partial charge in [-0.25, -0.2) is 0 Å². The molecule has 0 N–H and O–H groups in total. The monoisotopic (exact) mass is 408 g/mol. The zero-order chi connectivity index (χ0) is 21.3. The number of ether oxygens (including phenoxy) is 4. The number of benzene rings is 2. The highest BCUT2D eigenvalue weighted by Crippen LogP contribution is 2.17. The van der Waals surface area contributed by atoms with Crippen molar-refractivity contribution in [2.75, 3.05) is 39.6 Å². The molecule has 0 amide bonds. The van der Waals surface area contributed by atoms with Crippen LogP contribution in [0.2, 0.25) is 0 Å². The van der Waals surface area contributed by atoms with Crippen molar-refractivity contribution in [3.05, 3.63) is 85.0 Å². The van der Waals surface area contributed by atoms with Gasteiger partial charge in [0, 0.05) is 0 Å². The summed E-state index contributed by atoms with van der Waals surface area (Å²) >= 11 is 0. The van der Waals surface area contributed by atoms with E-state index in [9.17, 15) is 0 Å². The molecule has 0 bridgehead atoms. The van der Waals surface area contributed by atoms with Crippen LogP contribution in [0.3, 0.4) is 0 Å². The Morgan fingerprint density at radius 1 is 0.533 bits per heavy atom. The summed E-state index contributed by atoms with van der Waals surface area (Å²) in [5, 5.41) is 0. The molecular weight excluding hydrogens is 376 g/mol. The van der Waals surface area contributed by atoms with Crippen molar-refractivity contribution in [3.63, 3.8) is 0 Å². The Bertz CT molecular complexity index is 682. The second-order valence-electron chi connectivity index (χ2n) is 6.55. The normalized spacial score (nSPS) is 10.8. The lowest BCUT2D eigenvalue weighted by atomic mass is 10.1. The van der Waals surface area contributed by atoms with Gasteiger partial charge in [0.05, 0.1) is 26.4 Å². The molecule has 0 unspecified atom stereocenters. The van der Waals surface area contributed by atoms with Crippen LogP contribution in [0.15, 0.2) is 73.8 Å². The van der Waals surface area contributed by atoms with Crippen molar-refractivity contribution in [2.45, 2.75) is 12.8 Å². The van der Waals surface area contributed by atoms with Gasteiger partial charge in [-0.2, -0.15) is 0 Å². The smallest absolute Gasteiger partial charge is 0.119 e. The van der Waals surface area contributed by atoms with E-state index in [0.717, 1.165) is 35.5 Å². The third-order valence-electron chi connectivity index (χ3n) is 4.15. The minimum absolute atomic E-state index is 0.543. The van der Waals surface area contributed by atoms with E-state index in [-0.39, 0.29) is 0 Å². The Morgan fingerprint density at radius 2 is 0.933 bits per heavy atom. The Kier molecular flexibility index (Phi) is 11.8. The summed E-state index contributed by atoms with van der Waals surface area (Å²) in [5.74, 6) is 1.68. The van der Waals surface area contributed by atoms with Crippen molar-refractivity contribution in [2.24, 2.45) is 0 Å².